The first-order valence-electron chi connectivity index (χ1n) is 5.22. The van der Waals surface area contributed by atoms with E-state index in [-0.39, 0.29) is 10.6 Å². The third-order valence-corrected chi connectivity index (χ3v) is 3.99. The maximum atomic E-state index is 12.2. The predicted molar refractivity (Wildman–Crippen MR) is 74.3 cm³/mol. The van der Waals surface area contributed by atoms with Crippen LogP contribution in [0.2, 0.25) is 5.02 Å². The molecule has 0 unspecified atom stereocenters. The number of nitrogens with zero attached hydrogens (tertiary/aromatic N) is 1. The van der Waals surface area contributed by atoms with Gasteiger partial charge in [0.2, 0.25) is 0 Å². The van der Waals surface area contributed by atoms with Crippen LogP contribution in [-0.4, -0.2) is 13.4 Å². The predicted octanol–water partition coefficient (Wildman–Crippen LogP) is 1.82. The molecule has 0 saturated heterocycles. The number of hydrogen-bond donors (Lipinski definition) is 3. The van der Waals surface area contributed by atoms with Crippen molar-refractivity contribution in [1.29, 1.82) is 0 Å². The van der Waals surface area contributed by atoms with Crippen LogP contribution in [0.3, 0.4) is 0 Å². The molecule has 0 aliphatic rings. The standard InChI is InChI=1S/C11H11ClN4O2S/c12-8-1-3-9(4-2-8)16-19(17,18)11-7-14-6-5-10(11)15-13/h1-7,16H,13H2,(H,14,15). The summed E-state index contributed by atoms with van der Waals surface area (Å²) in [4.78, 5) is 3.74. The fourth-order valence-electron chi connectivity index (χ4n) is 1.44. The van der Waals surface area contributed by atoms with E-state index in [9.17, 15) is 8.42 Å². The molecule has 0 amide bonds. The van der Waals surface area contributed by atoms with Gasteiger partial charge in [-0.25, -0.2) is 8.42 Å². The van der Waals surface area contributed by atoms with Gasteiger partial charge in [0.25, 0.3) is 10.0 Å². The summed E-state index contributed by atoms with van der Waals surface area (Å²) in [5.41, 5.74) is 2.98. The number of sulfonamides is 1. The molecule has 0 radical (unpaired) electrons. The molecule has 0 saturated carbocycles. The summed E-state index contributed by atoms with van der Waals surface area (Å²) in [6.07, 6.45) is 2.66. The molecular formula is C11H11ClN4O2S. The van der Waals surface area contributed by atoms with Gasteiger partial charge in [0.05, 0.1) is 5.69 Å². The summed E-state index contributed by atoms with van der Waals surface area (Å²) in [5, 5.41) is 0.522. The van der Waals surface area contributed by atoms with Crippen molar-refractivity contribution >= 4 is 33.0 Å². The zero-order valence-corrected chi connectivity index (χ0v) is 11.2. The molecule has 0 atom stereocenters. The highest BCUT2D eigenvalue weighted by Crippen LogP contribution is 2.22. The Morgan fingerprint density at radius 3 is 2.47 bits per heavy atom. The van der Waals surface area contributed by atoms with Crippen LogP contribution < -0.4 is 16.0 Å². The lowest BCUT2D eigenvalue weighted by atomic mass is 10.3. The van der Waals surface area contributed by atoms with Crippen LogP contribution >= 0.6 is 11.6 Å². The molecule has 6 nitrogen and oxygen atoms in total. The van der Waals surface area contributed by atoms with Gasteiger partial charge in [0, 0.05) is 23.1 Å². The average Bonchev–Trinajstić information content (AvgIpc) is 2.41. The van der Waals surface area contributed by atoms with Crippen molar-refractivity contribution in [3.63, 3.8) is 0 Å². The molecule has 8 heteroatoms. The first-order chi connectivity index (χ1) is 9.03. The van der Waals surface area contributed by atoms with Crippen LogP contribution in [0.4, 0.5) is 11.4 Å². The maximum Gasteiger partial charge on any atom is 0.265 e. The first-order valence-corrected chi connectivity index (χ1v) is 7.08. The Morgan fingerprint density at radius 1 is 1.16 bits per heavy atom. The molecule has 1 heterocycles. The van der Waals surface area contributed by atoms with Crippen LogP contribution in [0.25, 0.3) is 0 Å². The number of nitrogens with two attached hydrogens (primary N) is 1. The second-order valence-corrected chi connectivity index (χ2v) is 5.72. The number of pyridine rings is 1. The van der Waals surface area contributed by atoms with Gasteiger partial charge < -0.3 is 5.43 Å². The highest BCUT2D eigenvalue weighted by atomic mass is 35.5. The minimum atomic E-state index is -3.77. The Bertz CT molecular complexity index is 673. The Kier molecular flexibility index (Phi) is 3.89. The van der Waals surface area contributed by atoms with E-state index >= 15 is 0 Å². The SMILES string of the molecule is NNc1ccncc1S(=O)(=O)Nc1ccc(Cl)cc1. The van der Waals surface area contributed by atoms with Crippen LogP contribution in [0, 0.1) is 0 Å². The number of nitrogen functional groups attached to an aromatic ring is 1. The minimum absolute atomic E-state index is 0.0348. The van der Waals surface area contributed by atoms with Crippen molar-refractivity contribution in [1.82, 2.24) is 4.98 Å². The molecule has 0 spiro atoms. The number of halogens is 1. The van der Waals surface area contributed by atoms with Crippen molar-refractivity contribution in [2.24, 2.45) is 5.84 Å². The van der Waals surface area contributed by atoms with Crippen molar-refractivity contribution < 1.29 is 8.42 Å². The molecule has 1 aromatic heterocycles. The smallest absolute Gasteiger partial charge is 0.265 e. The molecular weight excluding hydrogens is 288 g/mol. The summed E-state index contributed by atoms with van der Waals surface area (Å²) in [7, 11) is -3.77. The molecule has 2 aromatic rings. The second-order valence-electron chi connectivity index (χ2n) is 3.63. The zero-order chi connectivity index (χ0) is 13.9. The molecule has 100 valence electrons. The third-order valence-electron chi connectivity index (χ3n) is 2.33. The van der Waals surface area contributed by atoms with Gasteiger partial charge in [-0.15, -0.1) is 0 Å². The van der Waals surface area contributed by atoms with Gasteiger partial charge >= 0.3 is 0 Å². The highest BCUT2D eigenvalue weighted by molar-refractivity contribution is 7.92. The fraction of sp³-hybridized carbons (Fsp3) is 0. The minimum Gasteiger partial charge on any atom is -0.323 e. The lowest BCUT2D eigenvalue weighted by Crippen LogP contribution is -2.17. The van der Waals surface area contributed by atoms with Crippen LogP contribution in [0.15, 0.2) is 47.6 Å². The average molecular weight is 299 g/mol. The van der Waals surface area contributed by atoms with E-state index in [1.165, 1.54) is 18.5 Å². The highest BCUT2D eigenvalue weighted by Gasteiger charge is 2.18. The molecule has 2 rings (SSSR count). The molecule has 0 aliphatic carbocycles. The Labute approximate surface area is 115 Å². The van der Waals surface area contributed by atoms with Crippen molar-refractivity contribution in [3.05, 3.63) is 47.7 Å². The number of hydrogen-bond acceptors (Lipinski definition) is 5. The second kappa shape index (κ2) is 5.43. The van der Waals surface area contributed by atoms with Gasteiger partial charge in [-0.1, -0.05) is 11.6 Å². The van der Waals surface area contributed by atoms with E-state index in [4.69, 9.17) is 17.4 Å². The molecule has 0 aliphatic heterocycles. The van der Waals surface area contributed by atoms with E-state index in [0.717, 1.165) is 0 Å². The lowest BCUT2D eigenvalue weighted by molar-refractivity contribution is 0.601. The quantitative estimate of drug-likeness (QED) is 0.591. The summed E-state index contributed by atoms with van der Waals surface area (Å²) >= 11 is 5.73. The first kappa shape index (κ1) is 13.6. The van der Waals surface area contributed by atoms with E-state index in [1.54, 1.807) is 24.3 Å². The van der Waals surface area contributed by atoms with Crippen LogP contribution in [0.1, 0.15) is 0 Å². The third kappa shape index (κ3) is 3.14. The number of rotatable bonds is 4. The molecule has 19 heavy (non-hydrogen) atoms. The largest absolute Gasteiger partial charge is 0.323 e. The number of hydrazine groups is 1. The van der Waals surface area contributed by atoms with Crippen LogP contribution in [0.5, 0.6) is 0 Å². The lowest BCUT2D eigenvalue weighted by Gasteiger charge is -2.11. The number of nitrogens with one attached hydrogen (secondary N) is 2. The van der Waals surface area contributed by atoms with Gasteiger partial charge in [0.15, 0.2) is 0 Å². The Morgan fingerprint density at radius 2 is 1.84 bits per heavy atom. The number of anilines is 2. The van der Waals surface area contributed by atoms with E-state index < -0.39 is 10.0 Å². The topological polar surface area (TPSA) is 97.1 Å². The number of benzene rings is 1. The van der Waals surface area contributed by atoms with Crippen LogP contribution in [-0.2, 0) is 10.0 Å². The Hall–Kier alpha value is -1.83. The van der Waals surface area contributed by atoms with E-state index in [2.05, 4.69) is 15.1 Å². The summed E-state index contributed by atoms with van der Waals surface area (Å²) in [6.45, 7) is 0. The monoisotopic (exact) mass is 298 g/mol. The van der Waals surface area contributed by atoms with Gasteiger partial charge in [0.1, 0.15) is 4.90 Å². The molecule has 0 bridgehead atoms. The van der Waals surface area contributed by atoms with E-state index in [0.29, 0.717) is 10.7 Å². The zero-order valence-electron chi connectivity index (χ0n) is 9.67. The van der Waals surface area contributed by atoms with Crippen molar-refractivity contribution in [2.45, 2.75) is 4.90 Å². The maximum absolute atomic E-state index is 12.2. The number of aromatic nitrogens is 1. The summed E-state index contributed by atoms with van der Waals surface area (Å²) in [6, 6.07) is 7.77. The van der Waals surface area contributed by atoms with Gasteiger partial charge in [-0.3, -0.25) is 15.5 Å². The van der Waals surface area contributed by atoms with Gasteiger partial charge in [-0.05, 0) is 30.3 Å². The molecule has 0 fully saturated rings. The summed E-state index contributed by atoms with van der Waals surface area (Å²) < 4.78 is 26.8. The fourth-order valence-corrected chi connectivity index (χ4v) is 2.74. The van der Waals surface area contributed by atoms with Gasteiger partial charge in [-0.2, -0.15) is 0 Å². The van der Waals surface area contributed by atoms with E-state index in [1.807, 2.05) is 0 Å². The molecule has 1 aromatic carbocycles. The van der Waals surface area contributed by atoms with Crippen molar-refractivity contribution in [3.8, 4) is 0 Å². The van der Waals surface area contributed by atoms with Crippen molar-refractivity contribution in [2.75, 3.05) is 10.1 Å². The molecule has 4 N–H and O–H groups in total. The summed E-state index contributed by atoms with van der Waals surface area (Å²) in [5.74, 6) is 5.27. The Balaban J connectivity index is 2.35. The normalized spacial score (nSPS) is 11.1.